The molecule has 0 aromatic heterocycles. The topological polar surface area (TPSA) is 39.1 Å². The van der Waals surface area contributed by atoms with Gasteiger partial charge in [0.2, 0.25) is 0 Å². The number of aryl methyl sites for hydroxylation is 1. The molecule has 3 nitrogen and oxygen atoms in total. The lowest BCUT2D eigenvalue weighted by molar-refractivity contribution is 0.685. The lowest BCUT2D eigenvalue weighted by Gasteiger charge is -2.26. The molecule has 1 atom stereocenters. The number of hydrogen-bond donors (Lipinski definition) is 1. The first-order chi connectivity index (χ1) is 7.72. The van der Waals surface area contributed by atoms with E-state index in [1.54, 1.807) is 0 Å². The number of nitrogens with zero attached hydrogens (tertiary/aromatic N) is 2. The molecule has 16 heavy (non-hydrogen) atoms. The molecule has 1 N–H and O–H groups in total. The molecule has 1 unspecified atom stereocenters. The van der Waals surface area contributed by atoms with E-state index >= 15 is 0 Å². The summed E-state index contributed by atoms with van der Waals surface area (Å²) in [6.07, 6.45) is 1.19. The summed E-state index contributed by atoms with van der Waals surface area (Å²) in [5.74, 6) is 0. The largest absolute Gasteiger partial charge is 0.370 e. The third-order valence-corrected chi connectivity index (χ3v) is 3.32. The fourth-order valence-corrected chi connectivity index (χ4v) is 2.17. The molecule has 84 valence electrons. The van der Waals surface area contributed by atoms with Gasteiger partial charge >= 0.3 is 0 Å². The monoisotopic (exact) mass is 215 g/mol. The minimum Gasteiger partial charge on any atom is -0.370 e. The Kier molecular flexibility index (Phi) is 3.12. The summed E-state index contributed by atoms with van der Waals surface area (Å²) in [5, 5.41) is 12.3. The number of likely N-dealkylation sites (N-methyl/N-ethyl adjacent to an activating group) is 1. The van der Waals surface area contributed by atoms with Crippen molar-refractivity contribution in [2.24, 2.45) is 0 Å². The minimum atomic E-state index is 0.576. The van der Waals surface area contributed by atoms with Crippen molar-refractivity contribution in [3.8, 4) is 6.07 Å². The molecule has 1 aromatic rings. The maximum Gasteiger partial charge on any atom is 0.0994 e. The van der Waals surface area contributed by atoms with Gasteiger partial charge in [-0.05, 0) is 43.7 Å². The number of anilines is 1. The first-order valence-electron chi connectivity index (χ1n) is 5.66. The molecule has 1 heterocycles. The Balaban J connectivity index is 2.20. The molecule has 1 aliphatic rings. The zero-order valence-electron chi connectivity index (χ0n) is 9.83. The van der Waals surface area contributed by atoms with Crippen LogP contribution in [-0.4, -0.2) is 26.2 Å². The third-order valence-electron chi connectivity index (χ3n) is 3.32. The van der Waals surface area contributed by atoms with Gasteiger partial charge in [0.1, 0.15) is 0 Å². The maximum atomic E-state index is 8.89. The van der Waals surface area contributed by atoms with Crippen LogP contribution in [0.4, 0.5) is 5.69 Å². The fraction of sp³-hybridized carbons (Fsp3) is 0.462. The Labute approximate surface area is 96.7 Å². The molecule has 0 amide bonds. The zero-order chi connectivity index (χ0) is 11.5. The van der Waals surface area contributed by atoms with Gasteiger partial charge in [0.15, 0.2) is 0 Å². The van der Waals surface area contributed by atoms with E-state index in [1.165, 1.54) is 12.1 Å². The summed E-state index contributed by atoms with van der Waals surface area (Å²) in [5.41, 5.74) is 3.02. The van der Waals surface area contributed by atoms with Crippen molar-refractivity contribution in [3.63, 3.8) is 0 Å². The van der Waals surface area contributed by atoms with Crippen molar-refractivity contribution < 1.29 is 0 Å². The standard InChI is InChI=1S/C13H17N3/c1-10-7-12(4-3-11(10)8-14)16(2)13-5-6-15-9-13/h3-4,7,13,15H,5-6,9H2,1-2H3. The van der Waals surface area contributed by atoms with E-state index in [0.717, 1.165) is 24.2 Å². The second-order valence-corrected chi connectivity index (χ2v) is 4.37. The zero-order valence-corrected chi connectivity index (χ0v) is 9.83. The van der Waals surface area contributed by atoms with Crippen molar-refractivity contribution in [2.75, 3.05) is 25.0 Å². The lowest BCUT2D eigenvalue weighted by atomic mass is 10.1. The number of benzene rings is 1. The summed E-state index contributed by atoms with van der Waals surface area (Å²) in [6.45, 7) is 4.14. The van der Waals surface area contributed by atoms with Crippen molar-refractivity contribution in [1.82, 2.24) is 5.32 Å². The third kappa shape index (κ3) is 2.02. The molecule has 0 bridgehead atoms. The first kappa shape index (κ1) is 11.0. The quantitative estimate of drug-likeness (QED) is 0.815. The van der Waals surface area contributed by atoms with Crippen LogP contribution in [0.5, 0.6) is 0 Å². The summed E-state index contributed by atoms with van der Waals surface area (Å²) >= 11 is 0. The maximum absolute atomic E-state index is 8.89. The predicted molar refractivity (Wildman–Crippen MR) is 65.6 cm³/mol. The van der Waals surface area contributed by atoms with Crippen LogP contribution in [0.2, 0.25) is 0 Å². The average Bonchev–Trinajstić information content (AvgIpc) is 2.81. The molecule has 0 radical (unpaired) electrons. The van der Waals surface area contributed by atoms with Gasteiger partial charge in [-0.15, -0.1) is 0 Å². The van der Waals surface area contributed by atoms with Crippen molar-refractivity contribution in [3.05, 3.63) is 29.3 Å². The van der Waals surface area contributed by atoms with Crippen LogP contribution in [0.3, 0.4) is 0 Å². The van der Waals surface area contributed by atoms with Crippen LogP contribution in [-0.2, 0) is 0 Å². The molecule has 1 aliphatic heterocycles. The molecule has 3 heteroatoms. The van der Waals surface area contributed by atoms with Gasteiger partial charge in [-0.3, -0.25) is 0 Å². The number of nitrogens with one attached hydrogen (secondary N) is 1. The first-order valence-corrected chi connectivity index (χ1v) is 5.66. The van der Waals surface area contributed by atoms with E-state index in [4.69, 9.17) is 5.26 Å². The van der Waals surface area contributed by atoms with Crippen LogP contribution in [0, 0.1) is 18.3 Å². The van der Waals surface area contributed by atoms with Gasteiger partial charge in [-0.25, -0.2) is 0 Å². The van der Waals surface area contributed by atoms with E-state index in [1.807, 2.05) is 19.1 Å². The Hall–Kier alpha value is -1.53. The highest BCUT2D eigenvalue weighted by Gasteiger charge is 2.19. The van der Waals surface area contributed by atoms with Gasteiger partial charge in [-0.2, -0.15) is 5.26 Å². The highest BCUT2D eigenvalue weighted by Crippen LogP contribution is 2.21. The Morgan fingerprint density at radius 1 is 1.50 bits per heavy atom. The van der Waals surface area contributed by atoms with E-state index < -0.39 is 0 Å². The summed E-state index contributed by atoms with van der Waals surface area (Å²) in [4.78, 5) is 2.30. The van der Waals surface area contributed by atoms with Crippen molar-refractivity contribution in [2.45, 2.75) is 19.4 Å². The number of nitriles is 1. The van der Waals surface area contributed by atoms with Gasteiger partial charge in [0.25, 0.3) is 0 Å². The predicted octanol–water partition coefficient (Wildman–Crippen LogP) is 1.66. The second kappa shape index (κ2) is 4.54. The van der Waals surface area contributed by atoms with E-state index in [0.29, 0.717) is 6.04 Å². The summed E-state index contributed by atoms with van der Waals surface area (Å²) < 4.78 is 0. The smallest absolute Gasteiger partial charge is 0.0994 e. The van der Waals surface area contributed by atoms with Gasteiger partial charge in [0, 0.05) is 25.3 Å². The van der Waals surface area contributed by atoms with Gasteiger partial charge in [0.05, 0.1) is 11.6 Å². The second-order valence-electron chi connectivity index (χ2n) is 4.37. The van der Waals surface area contributed by atoms with Crippen LogP contribution in [0.15, 0.2) is 18.2 Å². The Morgan fingerprint density at radius 2 is 2.31 bits per heavy atom. The average molecular weight is 215 g/mol. The Morgan fingerprint density at radius 3 is 2.88 bits per heavy atom. The van der Waals surface area contributed by atoms with Crippen LogP contribution in [0.1, 0.15) is 17.5 Å². The minimum absolute atomic E-state index is 0.576. The van der Waals surface area contributed by atoms with E-state index in [9.17, 15) is 0 Å². The fourth-order valence-electron chi connectivity index (χ4n) is 2.17. The molecule has 2 rings (SSSR count). The molecule has 0 spiro atoms. The molecule has 0 aliphatic carbocycles. The van der Waals surface area contributed by atoms with Gasteiger partial charge < -0.3 is 10.2 Å². The molecule has 1 fully saturated rings. The van der Waals surface area contributed by atoms with Gasteiger partial charge in [-0.1, -0.05) is 0 Å². The summed E-state index contributed by atoms with van der Waals surface area (Å²) in [7, 11) is 2.12. The normalized spacial score (nSPS) is 19.4. The van der Waals surface area contributed by atoms with Crippen molar-refractivity contribution in [1.29, 1.82) is 5.26 Å². The molecular formula is C13H17N3. The highest BCUT2D eigenvalue weighted by atomic mass is 15.2. The molecule has 0 saturated carbocycles. The van der Waals surface area contributed by atoms with E-state index in [-0.39, 0.29) is 0 Å². The van der Waals surface area contributed by atoms with Crippen LogP contribution >= 0.6 is 0 Å². The Bertz CT molecular complexity index is 414. The lowest BCUT2D eigenvalue weighted by Crippen LogP contribution is -2.33. The number of hydrogen-bond acceptors (Lipinski definition) is 3. The molecule has 1 aromatic carbocycles. The number of rotatable bonds is 2. The summed E-state index contributed by atoms with van der Waals surface area (Å²) in [6, 6.07) is 8.81. The highest BCUT2D eigenvalue weighted by molar-refractivity contribution is 5.53. The molecular weight excluding hydrogens is 198 g/mol. The SMILES string of the molecule is Cc1cc(N(C)C2CCNC2)ccc1C#N. The molecule has 1 saturated heterocycles. The van der Waals surface area contributed by atoms with Crippen LogP contribution in [0.25, 0.3) is 0 Å². The van der Waals surface area contributed by atoms with Crippen molar-refractivity contribution >= 4 is 5.69 Å². The van der Waals surface area contributed by atoms with Crippen LogP contribution < -0.4 is 10.2 Å². The van der Waals surface area contributed by atoms with E-state index in [2.05, 4.69) is 29.4 Å².